The van der Waals surface area contributed by atoms with Crippen LogP contribution in [-0.4, -0.2) is 31.6 Å². The largest absolute Gasteiger partial charge is 0.491 e. The first-order valence-corrected chi connectivity index (χ1v) is 9.03. The Morgan fingerprint density at radius 3 is 2.56 bits per heavy atom. The fraction of sp³-hybridized carbons (Fsp3) is 0.333. The maximum absolute atomic E-state index is 12.2. The van der Waals surface area contributed by atoms with Gasteiger partial charge in [-0.25, -0.2) is 4.79 Å². The van der Waals surface area contributed by atoms with Gasteiger partial charge in [-0.3, -0.25) is 4.79 Å². The summed E-state index contributed by atoms with van der Waals surface area (Å²) >= 11 is 0. The molecule has 2 aromatic rings. The van der Waals surface area contributed by atoms with E-state index >= 15 is 0 Å². The average molecular weight is 369 g/mol. The smallest absolute Gasteiger partial charge is 0.319 e. The van der Waals surface area contributed by atoms with E-state index in [-0.39, 0.29) is 18.0 Å². The fourth-order valence-corrected chi connectivity index (χ4v) is 2.69. The van der Waals surface area contributed by atoms with Crippen LogP contribution >= 0.6 is 0 Å². The van der Waals surface area contributed by atoms with Crippen LogP contribution in [0.2, 0.25) is 0 Å². The average Bonchev–Trinajstić information content (AvgIpc) is 2.62. The van der Waals surface area contributed by atoms with Gasteiger partial charge in [-0.2, -0.15) is 0 Å². The number of ether oxygens (including phenoxy) is 1. The van der Waals surface area contributed by atoms with Gasteiger partial charge < -0.3 is 20.7 Å². The summed E-state index contributed by atoms with van der Waals surface area (Å²) in [4.78, 5) is 24.0. The molecular formula is C21H27N3O3. The first-order valence-electron chi connectivity index (χ1n) is 9.03. The Hall–Kier alpha value is -3.02. The Labute approximate surface area is 160 Å². The second-order valence-corrected chi connectivity index (χ2v) is 6.50. The zero-order chi connectivity index (χ0) is 19.8. The van der Waals surface area contributed by atoms with Crippen LogP contribution in [0.4, 0.5) is 10.5 Å². The molecule has 0 aliphatic heterocycles. The molecule has 6 nitrogen and oxygen atoms in total. The highest BCUT2D eigenvalue weighted by molar-refractivity contribution is 5.98. The third-order valence-corrected chi connectivity index (χ3v) is 4.02. The van der Waals surface area contributed by atoms with Gasteiger partial charge in [0.25, 0.3) is 5.91 Å². The van der Waals surface area contributed by atoms with Crippen molar-refractivity contribution in [2.75, 3.05) is 18.9 Å². The van der Waals surface area contributed by atoms with Gasteiger partial charge in [-0.1, -0.05) is 18.2 Å². The molecule has 0 fully saturated rings. The van der Waals surface area contributed by atoms with Crippen LogP contribution < -0.4 is 20.7 Å². The molecule has 144 valence electrons. The first kappa shape index (κ1) is 20.3. The molecule has 27 heavy (non-hydrogen) atoms. The molecular weight excluding hydrogens is 342 g/mol. The molecule has 0 spiro atoms. The number of amides is 3. The number of carbonyl (C=O) groups is 2. The van der Waals surface area contributed by atoms with E-state index in [9.17, 15) is 9.59 Å². The number of carbonyl (C=O) groups excluding carboxylic acids is 2. The predicted molar refractivity (Wildman–Crippen MR) is 108 cm³/mol. The summed E-state index contributed by atoms with van der Waals surface area (Å²) in [5, 5.41) is 8.23. The highest BCUT2D eigenvalue weighted by Crippen LogP contribution is 2.19. The van der Waals surface area contributed by atoms with Crippen LogP contribution in [0.25, 0.3) is 0 Å². The third-order valence-electron chi connectivity index (χ3n) is 4.02. The molecule has 0 radical (unpaired) electrons. The second-order valence-electron chi connectivity index (χ2n) is 6.50. The van der Waals surface area contributed by atoms with E-state index in [0.717, 1.165) is 16.9 Å². The number of urea groups is 1. The standard InChI is InChI=1S/C21H27N3O3/c1-14(2)27-17-8-5-7-16(13-17)11-12-23-21(26)24-19-10-6-9-18(15(19)3)20(25)22-4/h5-10,13-14H,11-12H2,1-4H3,(H,22,25)(H2,23,24,26). The molecule has 3 amide bonds. The van der Waals surface area contributed by atoms with Crippen molar-refractivity contribution in [3.8, 4) is 5.75 Å². The number of hydrogen-bond acceptors (Lipinski definition) is 3. The minimum atomic E-state index is -0.304. The first-order chi connectivity index (χ1) is 12.9. The number of benzene rings is 2. The Bertz CT molecular complexity index is 803. The summed E-state index contributed by atoms with van der Waals surface area (Å²) < 4.78 is 5.68. The molecule has 0 aromatic heterocycles. The molecule has 3 N–H and O–H groups in total. The van der Waals surface area contributed by atoms with Gasteiger partial charge in [0, 0.05) is 24.8 Å². The molecule has 6 heteroatoms. The summed E-state index contributed by atoms with van der Waals surface area (Å²) in [6.45, 7) is 6.27. The van der Waals surface area contributed by atoms with Gasteiger partial charge in [0.2, 0.25) is 0 Å². The van der Waals surface area contributed by atoms with Crippen LogP contribution in [-0.2, 0) is 6.42 Å². The molecule has 0 bridgehead atoms. The molecule has 0 aliphatic carbocycles. The fourth-order valence-electron chi connectivity index (χ4n) is 2.69. The van der Waals surface area contributed by atoms with E-state index in [2.05, 4.69) is 16.0 Å². The number of nitrogens with one attached hydrogen (secondary N) is 3. The van der Waals surface area contributed by atoms with Crippen molar-refractivity contribution < 1.29 is 14.3 Å². The molecule has 0 saturated heterocycles. The number of hydrogen-bond donors (Lipinski definition) is 3. The summed E-state index contributed by atoms with van der Waals surface area (Å²) in [5.41, 5.74) is 2.97. The summed E-state index contributed by atoms with van der Waals surface area (Å²) in [6, 6.07) is 12.8. The van der Waals surface area contributed by atoms with Crippen LogP contribution in [0.1, 0.15) is 35.3 Å². The minimum absolute atomic E-state index is 0.123. The molecule has 0 unspecified atom stereocenters. The highest BCUT2D eigenvalue weighted by atomic mass is 16.5. The zero-order valence-electron chi connectivity index (χ0n) is 16.3. The van der Waals surface area contributed by atoms with Crippen molar-refractivity contribution in [3.05, 3.63) is 59.2 Å². The van der Waals surface area contributed by atoms with Crippen molar-refractivity contribution in [1.29, 1.82) is 0 Å². The summed E-state index contributed by atoms with van der Waals surface area (Å²) in [7, 11) is 1.58. The van der Waals surface area contributed by atoms with E-state index < -0.39 is 0 Å². The molecule has 0 atom stereocenters. The van der Waals surface area contributed by atoms with Gasteiger partial charge in [-0.05, 0) is 62.6 Å². The van der Waals surface area contributed by atoms with Crippen molar-refractivity contribution in [2.45, 2.75) is 33.3 Å². The molecule has 2 rings (SSSR count). The van der Waals surface area contributed by atoms with Crippen LogP contribution in [0, 0.1) is 6.92 Å². The molecule has 0 saturated carbocycles. The Morgan fingerprint density at radius 1 is 1.11 bits per heavy atom. The van der Waals surface area contributed by atoms with Gasteiger partial charge in [-0.15, -0.1) is 0 Å². The maximum atomic E-state index is 12.2. The van der Waals surface area contributed by atoms with Crippen molar-refractivity contribution in [3.63, 3.8) is 0 Å². The monoisotopic (exact) mass is 369 g/mol. The quantitative estimate of drug-likeness (QED) is 0.699. The summed E-state index contributed by atoms with van der Waals surface area (Å²) in [6.07, 6.45) is 0.818. The normalized spacial score (nSPS) is 10.4. The minimum Gasteiger partial charge on any atom is -0.491 e. The van der Waals surface area contributed by atoms with E-state index in [4.69, 9.17) is 4.74 Å². The van der Waals surface area contributed by atoms with Crippen LogP contribution in [0.3, 0.4) is 0 Å². The van der Waals surface area contributed by atoms with Crippen LogP contribution in [0.5, 0.6) is 5.75 Å². The van der Waals surface area contributed by atoms with Gasteiger partial charge in [0.15, 0.2) is 0 Å². The van der Waals surface area contributed by atoms with Crippen molar-refractivity contribution in [2.24, 2.45) is 0 Å². The number of anilines is 1. The molecule has 0 heterocycles. The van der Waals surface area contributed by atoms with Gasteiger partial charge in [0.1, 0.15) is 5.75 Å². The topological polar surface area (TPSA) is 79.5 Å². The lowest BCUT2D eigenvalue weighted by Gasteiger charge is -2.13. The van der Waals surface area contributed by atoms with Crippen molar-refractivity contribution in [1.82, 2.24) is 10.6 Å². The van der Waals surface area contributed by atoms with Crippen molar-refractivity contribution >= 4 is 17.6 Å². The molecule has 2 aromatic carbocycles. The molecule has 0 aliphatic rings. The Morgan fingerprint density at radius 2 is 1.85 bits per heavy atom. The highest BCUT2D eigenvalue weighted by Gasteiger charge is 2.11. The van der Waals surface area contributed by atoms with E-state index in [1.807, 2.05) is 38.1 Å². The lowest BCUT2D eigenvalue weighted by atomic mass is 10.1. The van der Waals surface area contributed by atoms with Gasteiger partial charge in [0.05, 0.1) is 6.10 Å². The lowest BCUT2D eigenvalue weighted by molar-refractivity contribution is 0.0962. The Balaban J connectivity index is 1.89. The van der Waals surface area contributed by atoms with Crippen LogP contribution in [0.15, 0.2) is 42.5 Å². The second kappa shape index (κ2) is 9.62. The number of rotatable bonds is 7. The summed E-state index contributed by atoms with van der Waals surface area (Å²) in [5.74, 6) is 0.647. The predicted octanol–water partition coefficient (Wildman–Crippen LogP) is 3.51. The SMILES string of the molecule is CNC(=O)c1cccc(NC(=O)NCCc2cccc(OC(C)C)c2)c1C. The van der Waals surface area contributed by atoms with E-state index in [1.54, 1.807) is 32.2 Å². The third kappa shape index (κ3) is 6.02. The van der Waals surface area contributed by atoms with E-state index in [1.165, 1.54) is 0 Å². The zero-order valence-corrected chi connectivity index (χ0v) is 16.3. The Kier molecular flexibility index (Phi) is 7.23. The van der Waals surface area contributed by atoms with Gasteiger partial charge >= 0.3 is 6.03 Å². The maximum Gasteiger partial charge on any atom is 0.319 e. The van der Waals surface area contributed by atoms with E-state index in [0.29, 0.717) is 24.2 Å². The lowest BCUT2D eigenvalue weighted by Crippen LogP contribution is -2.31.